The molecule has 0 spiro atoms. The third-order valence-corrected chi connectivity index (χ3v) is 5.53. The predicted molar refractivity (Wildman–Crippen MR) is 110 cm³/mol. The Hall–Kier alpha value is -1.95. The molecule has 150 valence electrons. The summed E-state index contributed by atoms with van der Waals surface area (Å²) >= 11 is 0. The number of hydrogen-bond acceptors (Lipinski definition) is 3. The Morgan fingerprint density at radius 1 is 1.21 bits per heavy atom. The van der Waals surface area contributed by atoms with Crippen LogP contribution >= 0.6 is 12.4 Å². The van der Waals surface area contributed by atoms with Gasteiger partial charge in [0.15, 0.2) is 0 Å². The minimum Gasteiger partial charge on any atom is -0.373 e. The van der Waals surface area contributed by atoms with Gasteiger partial charge in [0.05, 0.1) is 17.7 Å². The molecular weight excluding hydrogens is 379 g/mol. The molecule has 1 saturated heterocycles. The molecule has 2 aliphatic heterocycles. The summed E-state index contributed by atoms with van der Waals surface area (Å²) in [7, 11) is 0. The Morgan fingerprint density at radius 2 is 2.00 bits per heavy atom. The number of ether oxygens (including phenoxy) is 1. The SMILES string of the molecule is Cc1ccc(C2OCCCC2C(=O)Nc2ccc3c(c2F)CCNC3)cc1.Cl. The Bertz CT molecular complexity index is 841. The number of halogens is 2. The molecule has 2 unspecified atom stereocenters. The van der Waals surface area contributed by atoms with Crippen LogP contribution < -0.4 is 10.6 Å². The van der Waals surface area contributed by atoms with Crippen LogP contribution in [0.15, 0.2) is 36.4 Å². The van der Waals surface area contributed by atoms with E-state index in [1.54, 1.807) is 6.07 Å². The van der Waals surface area contributed by atoms with Gasteiger partial charge >= 0.3 is 0 Å². The molecule has 0 aliphatic carbocycles. The number of benzene rings is 2. The first-order valence-corrected chi connectivity index (χ1v) is 9.63. The van der Waals surface area contributed by atoms with Gasteiger partial charge in [-0.3, -0.25) is 4.79 Å². The van der Waals surface area contributed by atoms with Crippen LogP contribution in [0.2, 0.25) is 0 Å². The second-order valence-electron chi connectivity index (χ2n) is 7.43. The summed E-state index contributed by atoms with van der Waals surface area (Å²) in [6.45, 7) is 4.10. The molecule has 0 aromatic heterocycles. The Balaban J connectivity index is 0.00000225. The first-order chi connectivity index (χ1) is 13.1. The maximum atomic E-state index is 14.9. The zero-order valence-electron chi connectivity index (χ0n) is 16.0. The average Bonchev–Trinajstić information content (AvgIpc) is 2.71. The first kappa shape index (κ1) is 20.8. The Morgan fingerprint density at radius 3 is 2.79 bits per heavy atom. The predicted octanol–water partition coefficient (Wildman–Crippen LogP) is 4.31. The largest absolute Gasteiger partial charge is 0.373 e. The number of fused-ring (bicyclic) bond motifs is 1. The highest BCUT2D eigenvalue weighted by molar-refractivity contribution is 5.93. The molecule has 0 radical (unpaired) electrons. The van der Waals surface area contributed by atoms with Crippen molar-refractivity contribution in [2.24, 2.45) is 5.92 Å². The van der Waals surface area contributed by atoms with Gasteiger partial charge in [-0.2, -0.15) is 0 Å². The van der Waals surface area contributed by atoms with Crippen LogP contribution in [0.1, 0.15) is 41.2 Å². The van der Waals surface area contributed by atoms with Crippen molar-refractivity contribution in [2.45, 2.75) is 38.8 Å². The highest BCUT2D eigenvalue weighted by Gasteiger charge is 2.33. The number of nitrogens with one attached hydrogen (secondary N) is 2. The maximum Gasteiger partial charge on any atom is 0.230 e. The van der Waals surface area contributed by atoms with Crippen molar-refractivity contribution < 1.29 is 13.9 Å². The molecule has 2 atom stereocenters. The van der Waals surface area contributed by atoms with Crippen molar-refractivity contribution in [1.29, 1.82) is 0 Å². The van der Waals surface area contributed by atoms with E-state index in [4.69, 9.17) is 4.74 Å². The molecule has 28 heavy (non-hydrogen) atoms. The van der Waals surface area contributed by atoms with Gasteiger partial charge in [-0.15, -0.1) is 12.4 Å². The fraction of sp³-hybridized carbons (Fsp3) is 0.409. The molecule has 0 saturated carbocycles. The first-order valence-electron chi connectivity index (χ1n) is 9.63. The molecule has 1 fully saturated rings. The number of anilines is 1. The van der Waals surface area contributed by atoms with Crippen molar-refractivity contribution in [3.63, 3.8) is 0 Å². The van der Waals surface area contributed by atoms with Gasteiger partial charge in [-0.1, -0.05) is 35.9 Å². The van der Waals surface area contributed by atoms with Gasteiger partial charge in [0, 0.05) is 13.2 Å². The summed E-state index contributed by atoms with van der Waals surface area (Å²) in [5.74, 6) is -0.794. The fourth-order valence-corrected chi connectivity index (χ4v) is 3.99. The molecule has 2 heterocycles. The molecule has 4 nitrogen and oxygen atoms in total. The van der Waals surface area contributed by atoms with Gasteiger partial charge < -0.3 is 15.4 Å². The zero-order chi connectivity index (χ0) is 18.8. The third-order valence-electron chi connectivity index (χ3n) is 5.53. The normalized spacial score (nSPS) is 21.4. The lowest BCUT2D eigenvalue weighted by molar-refractivity contribution is -0.129. The molecule has 2 aliphatic rings. The molecule has 2 N–H and O–H groups in total. The van der Waals surface area contributed by atoms with Crippen LogP contribution in [0, 0.1) is 18.7 Å². The molecule has 2 aromatic carbocycles. The summed E-state index contributed by atoms with van der Waals surface area (Å²) in [6.07, 6.45) is 1.92. The minimum atomic E-state index is -0.321. The highest BCUT2D eigenvalue weighted by Crippen LogP contribution is 2.35. The number of amides is 1. The second-order valence-corrected chi connectivity index (χ2v) is 7.43. The second kappa shape index (κ2) is 9.03. The van der Waals surface area contributed by atoms with E-state index in [1.165, 1.54) is 5.56 Å². The van der Waals surface area contributed by atoms with Crippen LogP contribution in [0.5, 0.6) is 0 Å². The van der Waals surface area contributed by atoms with E-state index in [0.29, 0.717) is 25.1 Å². The molecule has 4 rings (SSSR count). The zero-order valence-corrected chi connectivity index (χ0v) is 16.8. The Kier molecular flexibility index (Phi) is 6.70. The topological polar surface area (TPSA) is 50.4 Å². The van der Waals surface area contributed by atoms with Crippen LogP contribution in [0.4, 0.5) is 10.1 Å². The van der Waals surface area contributed by atoms with Gasteiger partial charge in [-0.25, -0.2) is 4.39 Å². The van der Waals surface area contributed by atoms with E-state index in [-0.39, 0.29) is 41.8 Å². The smallest absolute Gasteiger partial charge is 0.230 e. The van der Waals surface area contributed by atoms with Crippen molar-refractivity contribution in [1.82, 2.24) is 5.32 Å². The van der Waals surface area contributed by atoms with Crippen LogP contribution in [-0.4, -0.2) is 19.1 Å². The molecule has 2 aromatic rings. The Labute approximate surface area is 171 Å². The van der Waals surface area contributed by atoms with Crippen molar-refractivity contribution >= 4 is 24.0 Å². The number of hydrogen-bond donors (Lipinski definition) is 2. The van der Waals surface area contributed by atoms with Crippen molar-refractivity contribution in [2.75, 3.05) is 18.5 Å². The average molecular weight is 405 g/mol. The van der Waals surface area contributed by atoms with Crippen LogP contribution in [0.3, 0.4) is 0 Å². The van der Waals surface area contributed by atoms with Gasteiger partial charge in [-0.05, 0) is 55.5 Å². The van der Waals surface area contributed by atoms with Crippen LogP contribution in [-0.2, 0) is 22.5 Å². The summed E-state index contributed by atoms with van der Waals surface area (Å²) < 4.78 is 20.8. The summed E-state index contributed by atoms with van der Waals surface area (Å²) in [5.41, 5.74) is 4.12. The van der Waals surface area contributed by atoms with E-state index in [2.05, 4.69) is 10.6 Å². The summed E-state index contributed by atoms with van der Waals surface area (Å²) in [4.78, 5) is 13.0. The maximum absolute atomic E-state index is 14.9. The lowest BCUT2D eigenvalue weighted by Gasteiger charge is -2.31. The number of carbonyl (C=O) groups excluding carboxylic acids is 1. The third kappa shape index (κ3) is 4.22. The standard InChI is InChI=1S/C22H25FN2O2.ClH/c1-14-4-6-15(7-5-14)21-18(3-2-12-27-21)22(26)25-19-9-8-16-13-24-11-10-17(16)20(19)23;/h4-9,18,21,24H,2-3,10-13H2,1H3,(H,25,26);1H. The lowest BCUT2D eigenvalue weighted by Crippen LogP contribution is -2.33. The van der Waals surface area contributed by atoms with E-state index in [9.17, 15) is 9.18 Å². The van der Waals surface area contributed by atoms with Gasteiger partial charge in [0.25, 0.3) is 0 Å². The van der Waals surface area contributed by atoms with Crippen LogP contribution in [0.25, 0.3) is 0 Å². The highest BCUT2D eigenvalue weighted by atomic mass is 35.5. The molecule has 1 amide bonds. The van der Waals surface area contributed by atoms with E-state index >= 15 is 0 Å². The summed E-state index contributed by atoms with van der Waals surface area (Å²) in [5, 5.41) is 6.06. The molecular formula is C22H26ClFN2O2. The monoisotopic (exact) mass is 404 g/mol. The minimum absolute atomic E-state index is 0. The van der Waals surface area contributed by atoms with E-state index in [0.717, 1.165) is 30.5 Å². The number of aryl methyl sites for hydroxylation is 1. The van der Waals surface area contributed by atoms with E-state index < -0.39 is 0 Å². The number of rotatable bonds is 3. The van der Waals surface area contributed by atoms with E-state index in [1.807, 2.05) is 37.3 Å². The summed E-state index contributed by atoms with van der Waals surface area (Å²) in [6, 6.07) is 11.6. The quantitative estimate of drug-likeness (QED) is 0.801. The molecule has 0 bridgehead atoms. The fourth-order valence-electron chi connectivity index (χ4n) is 3.99. The van der Waals surface area contributed by atoms with Crippen molar-refractivity contribution in [3.8, 4) is 0 Å². The number of carbonyl (C=O) groups is 1. The van der Waals surface area contributed by atoms with Crippen molar-refractivity contribution in [3.05, 3.63) is 64.5 Å². The van der Waals surface area contributed by atoms with Gasteiger partial charge in [0.1, 0.15) is 5.82 Å². The molecule has 6 heteroatoms. The lowest BCUT2D eigenvalue weighted by atomic mass is 9.88. The van der Waals surface area contributed by atoms with Gasteiger partial charge in [0.2, 0.25) is 5.91 Å².